The summed E-state index contributed by atoms with van der Waals surface area (Å²) in [7, 11) is 0. The fraction of sp³-hybridized carbons (Fsp3) is 0.519. The lowest BCUT2D eigenvalue weighted by atomic mass is 9.67. The molecule has 0 spiro atoms. The van der Waals surface area contributed by atoms with Crippen LogP contribution in [0, 0.1) is 16.7 Å². The Bertz CT molecular complexity index is 1390. The number of aromatic carboxylic acids is 1. The zero-order valence-corrected chi connectivity index (χ0v) is 21.1. The Balaban J connectivity index is 1.64. The first kappa shape index (κ1) is 25.9. The summed E-state index contributed by atoms with van der Waals surface area (Å²) in [6.45, 7) is 4.16. The summed E-state index contributed by atoms with van der Waals surface area (Å²) in [5.41, 5.74) is -0.520. The van der Waals surface area contributed by atoms with Crippen molar-refractivity contribution < 1.29 is 32.5 Å². The highest BCUT2D eigenvalue weighted by Crippen LogP contribution is 2.52. The minimum atomic E-state index is -4.98. The SMILES string of the molecule is CC1(C)CC[C@@H]2c3cc(OCC4(CCC#N)CCC4)c(OC(F)(F)F)cc3-c3cc(=O)c(C(=O)O)cn3N21. The lowest BCUT2D eigenvalue weighted by Gasteiger charge is -2.45. The van der Waals surface area contributed by atoms with Crippen molar-refractivity contribution in [1.29, 1.82) is 5.26 Å². The van der Waals surface area contributed by atoms with Crippen molar-refractivity contribution in [2.45, 2.75) is 76.7 Å². The summed E-state index contributed by atoms with van der Waals surface area (Å²) in [6, 6.07) is 5.79. The van der Waals surface area contributed by atoms with E-state index in [1.807, 2.05) is 18.9 Å². The Labute approximate surface area is 217 Å². The molecule has 1 saturated heterocycles. The first-order chi connectivity index (χ1) is 17.8. The summed E-state index contributed by atoms with van der Waals surface area (Å²) in [5, 5.41) is 20.5. The third-order valence-corrected chi connectivity index (χ3v) is 8.13. The highest BCUT2D eigenvalue weighted by atomic mass is 19.4. The number of rotatable bonds is 7. The van der Waals surface area contributed by atoms with Gasteiger partial charge < -0.3 is 14.6 Å². The summed E-state index contributed by atoms with van der Waals surface area (Å²) in [4.78, 5) is 24.3. The van der Waals surface area contributed by atoms with E-state index in [-0.39, 0.29) is 29.5 Å². The molecule has 1 aromatic heterocycles. The number of benzene rings is 1. The van der Waals surface area contributed by atoms with Gasteiger partial charge in [-0.1, -0.05) is 6.42 Å². The van der Waals surface area contributed by atoms with Crippen LogP contribution in [-0.2, 0) is 0 Å². The van der Waals surface area contributed by atoms with Crippen molar-refractivity contribution in [3.8, 4) is 28.8 Å². The van der Waals surface area contributed by atoms with Crippen LogP contribution in [0.3, 0.4) is 0 Å². The van der Waals surface area contributed by atoms with Crippen molar-refractivity contribution in [1.82, 2.24) is 4.68 Å². The topological polar surface area (TPSA) is 105 Å². The number of carboxylic acid groups (broad SMARTS) is 1. The number of carbonyl (C=O) groups is 1. The van der Waals surface area contributed by atoms with Crippen molar-refractivity contribution in [3.63, 3.8) is 0 Å². The average molecular weight is 532 g/mol. The van der Waals surface area contributed by atoms with E-state index in [1.165, 1.54) is 12.3 Å². The van der Waals surface area contributed by atoms with Crippen LogP contribution in [0.1, 0.15) is 80.8 Å². The molecule has 202 valence electrons. The second-order valence-electron chi connectivity index (χ2n) is 11.0. The molecule has 0 radical (unpaired) electrons. The number of nitrogens with zero attached hydrogens (tertiary/aromatic N) is 3. The minimum absolute atomic E-state index is 0.0492. The van der Waals surface area contributed by atoms with Crippen LogP contribution in [-0.4, -0.2) is 34.3 Å². The van der Waals surface area contributed by atoms with Crippen LogP contribution in [0.5, 0.6) is 11.5 Å². The Hall–Kier alpha value is -3.68. The van der Waals surface area contributed by atoms with E-state index in [0.717, 1.165) is 31.7 Å². The number of nitriles is 1. The summed E-state index contributed by atoms with van der Waals surface area (Å²) in [5.74, 6) is -1.96. The highest BCUT2D eigenvalue weighted by molar-refractivity contribution is 5.88. The van der Waals surface area contributed by atoms with Crippen LogP contribution in [0.15, 0.2) is 29.2 Å². The molecule has 0 amide bonds. The van der Waals surface area contributed by atoms with E-state index in [2.05, 4.69) is 10.8 Å². The molecule has 11 heteroatoms. The molecule has 1 atom stereocenters. The number of carboxylic acids is 1. The van der Waals surface area contributed by atoms with Gasteiger partial charge in [0.15, 0.2) is 16.9 Å². The molecule has 0 bridgehead atoms. The fourth-order valence-electron chi connectivity index (χ4n) is 6.03. The molecule has 1 saturated carbocycles. The molecule has 2 aliphatic heterocycles. The zero-order chi connectivity index (χ0) is 27.5. The Morgan fingerprint density at radius 1 is 1.21 bits per heavy atom. The van der Waals surface area contributed by atoms with Gasteiger partial charge in [-0.05, 0) is 63.6 Å². The molecule has 2 aromatic rings. The molecule has 1 aromatic carbocycles. The first-order valence-corrected chi connectivity index (χ1v) is 12.6. The molecule has 3 heterocycles. The van der Waals surface area contributed by atoms with E-state index < -0.39 is 34.6 Å². The van der Waals surface area contributed by atoms with Gasteiger partial charge in [-0.3, -0.25) is 14.5 Å². The third kappa shape index (κ3) is 4.46. The minimum Gasteiger partial charge on any atom is -0.489 e. The van der Waals surface area contributed by atoms with Crippen LogP contribution in [0.2, 0.25) is 0 Å². The molecule has 5 rings (SSSR count). The second kappa shape index (κ2) is 8.96. The van der Waals surface area contributed by atoms with Crippen molar-refractivity contribution in [2.24, 2.45) is 5.41 Å². The number of fused-ring (bicyclic) bond motifs is 6. The fourth-order valence-corrected chi connectivity index (χ4v) is 6.03. The van der Waals surface area contributed by atoms with Crippen LogP contribution < -0.4 is 19.9 Å². The zero-order valence-electron chi connectivity index (χ0n) is 21.1. The average Bonchev–Trinajstić information content (AvgIpc) is 3.12. The molecule has 0 unspecified atom stereocenters. The van der Waals surface area contributed by atoms with E-state index in [1.54, 1.807) is 10.7 Å². The molecule has 1 N–H and O–H groups in total. The molecule has 1 aliphatic carbocycles. The monoisotopic (exact) mass is 531 g/mol. The normalized spacial score (nSPS) is 20.4. The smallest absolute Gasteiger partial charge is 0.489 e. The van der Waals surface area contributed by atoms with Crippen molar-refractivity contribution in [3.05, 3.63) is 45.7 Å². The number of halogens is 3. The van der Waals surface area contributed by atoms with E-state index >= 15 is 0 Å². The van der Waals surface area contributed by atoms with Crippen LogP contribution >= 0.6 is 0 Å². The van der Waals surface area contributed by atoms with Gasteiger partial charge in [-0.15, -0.1) is 13.2 Å². The lowest BCUT2D eigenvalue weighted by Crippen LogP contribution is -2.50. The predicted octanol–water partition coefficient (Wildman–Crippen LogP) is 5.53. The number of aromatic nitrogens is 1. The number of hydrogen-bond acceptors (Lipinski definition) is 6. The van der Waals surface area contributed by atoms with E-state index in [9.17, 15) is 27.9 Å². The Kier molecular flexibility index (Phi) is 6.12. The molecular formula is C27H28F3N3O5. The maximum atomic E-state index is 13.4. The van der Waals surface area contributed by atoms with Gasteiger partial charge in [-0.2, -0.15) is 5.26 Å². The highest BCUT2D eigenvalue weighted by Gasteiger charge is 2.46. The predicted molar refractivity (Wildman–Crippen MR) is 131 cm³/mol. The van der Waals surface area contributed by atoms with Gasteiger partial charge in [0.25, 0.3) is 0 Å². The van der Waals surface area contributed by atoms with E-state index in [4.69, 9.17) is 10.00 Å². The van der Waals surface area contributed by atoms with Gasteiger partial charge in [0.1, 0.15) is 5.56 Å². The number of alkyl halides is 3. The van der Waals surface area contributed by atoms with Crippen molar-refractivity contribution >= 4 is 5.97 Å². The maximum absolute atomic E-state index is 13.4. The maximum Gasteiger partial charge on any atom is 0.573 e. The van der Waals surface area contributed by atoms with Crippen molar-refractivity contribution in [2.75, 3.05) is 11.6 Å². The third-order valence-electron chi connectivity index (χ3n) is 8.13. The van der Waals surface area contributed by atoms with Gasteiger partial charge in [0.2, 0.25) is 0 Å². The Morgan fingerprint density at radius 3 is 2.55 bits per heavy atom. The van der Waals surface area contributed by atoms with Gasteiger partial charge in [-0.25, -0.2) is 4.79 Å². The Morgan fingerprint density at radius 2 is 1.95 bits per heavy atom. The number of ether oxygens (including phenoxy) is 2. The summed E-state index contributed by atoms with van der Waals surface area (Å²) >= 11 is 0. The van der Waals surface area contributed by atoms with Crippen LogP contribution in [0.4, 0.5) is 13.2 Å². The van der Waals surface area contributed by atoms with Gasteiger partial charge >= 0.3 is 12.3 Å². The largest absolute Gasteiger partial charge is 0.573 e. The quantitative estimate of drug-likeness (QED) is 0.501. The van der Waals surface area contributed by atoms with Gasteiger partial charge in [0.05, 0.1) is 30.0 Å². The second-order valence-corrected chi connectivity index (χ2v) is 11.0. The molecular weight excluding hydrogens is 503 g/mol. The molecule has 8 nitrogen and oxygen atoms in total. The summed E-state index contributed by atoms with van der Waals surface area (Å²) in [6.07, 6.45) is 1.26. The standard InChI is InChI=1S/C27H28F3N3O5/c1-25(2)9-5-19-16-11-22(37-15-26(6-3-7-26)8-4-10-31)23(38-27(28,29)30)12-17(16)20-13-21(34)18(24(35)36)14-32(20)33(19)25/h11-14,19H,3-9,15H2,1-2H3,(H,35,36)/t19-/m1/s1. The molecule has 38 heavy (non-hydrogen) atoms. The number of hydrogen-bond donors (Lipinski definition) is 1. The summed E-state index contributed by atoms with van der Waals surface area (Å²) < 4.78 is 52.3. The van der Waals surface area contributed by atoms with Crippen LogP contribution in [0.25, 0.3) is 11.3 Å². The van der Waals surface area contributed by atoms with E-state index in [0.29, 0.717) is 30.4 Å². The molecule has 3 aliphatic rings. The molecule has 2 fully saturated rings. The lowest BCUT2D eigenvalue weighted by molar-refractivity contribution is -0.275. The van der Waals surface area contributed by atoms with Gasteiger partial charge in [0, 0.05) is 29.7 Å². The number of pyridine rings is 1. The first-order valence-electron chi connectivity index (χ1n) is 12.6.